The first kappa shape index (κ1) is 66.7. The van der Waals surface area contributed by atoms with E-state index in [1.165, 1.54) is 40.6 Å². The molecule has 3 atom stereocenters. The molecule has 0 aromatic heterocycles. The van der Waals surface area contributed by atoms with Gasteiger partial charge in [0, 0.05) is 128 Å². The van der Waals surface area contributed by atoms with Gasteiger partial charge < -0.3 is 29.7 Å². The van der Waals surface area contributed by atoms with Crippen LogP contribution < -0.4 is 20.3 Å². The highest BCUT2D eigenvalue weighted by Gasteiger charge is 2.49. The number of piperidine rings is 2. The van der Waals surface area contributed by atoms with Crippen LogP contribution in [0.15, 0.2) is 136 Å². The molecule has 4 fully saturated rings. The molecule has 488 valence electrons. The van der Waals surface area contributed by atoms with Gasteiger partial charge in [-0.05, 0) is 172 Å². The SMILES string of the molecule is C[C@@]1(CN2CCC(C#Cc3ccc4c(c3)CN(C3CCC(=O)NC3=O)C4=O)CC2)CCC(c2ccc(Cl)cc2)=C(CN2CCN(c3ccc(C(=O)NS(=O)(=O)c4ccc(N[C@H](CCN5CCCOCC5)CSc5ccccc5)c(S(=O)(=O)C(F)(F)F)c4)cc3)CC2)C1. The van der Waals surface area contributed by atoms with Crippen molar-refractivity contribution in [3.63, 3.8) is 0 Å². The number of sulfonamides is 1. The molecule has 1 aliphatic carbocycles. The van der Waals surface area contributed by atoms with Crippen molar-refractivity contribution >= 4 is 83.8 Å². The van der Waals surface area contributed by atoms with Gasteiger partial charge in [-0.2, -0.15) is 13.2 Å². The molecule has 17 nitrogen and oxygen atoms in total. The smallest absolute Gasteiger partial charge is 0.380 e. The third kappa shape index (κ3) is 16.2. The summed E-state index contributed by atoms with van der Waals surface area (Å²) in [6.07, 6.45) is 6.57. The monoisotopic (exact) mass is 1340 g/mol. The van der Waals surface area contributed by atoms with Crippen LogP contribution in [0.1, 0.15) is 102 Å². The second-order valence-electron chi connectivity index (χ2n) is 25.1. The van der Waals surface area contributed by atoms with Crippen LogP contribution in [0, 0.1) is 23.2 Å². The van der Waals surface area contributed by atoms with Crippen LogP contribution in [0.4, 0.5) is 24.5 Å². The number of benzene rings is 5. The maximum atomic E-state index is 14.4. The molecular formula is C68H76ClF3N8O9S3. The number of halogens is 4. The molecule has 6 aliphatic rings. The number of sulfone groups is 1. The van der Waals surface area contributed by atoms with E-state index in [2.05, 4.69) is 61.1 Å². The number of piperazine rings is 1. The van der Waals surface area contributed by atoms with Crippen LogP contribution in [0.2, 0.25) is 5.02 Å². The van der Waals surface area contributed by atoms with Crippen molar-refractivity contribution in [1.29, 1.82) is 0 Å². The Kier molecular flexibility index (Phi) is 20.9. The van der Waals surface area contributed by atoms with E-state index in [0.717, 1.165) is 118 Å². The molecule has 11 rings (SSSR count). The van der Waals surface area contributed by atoms with Crippen molar-refractivity contribution in [1.82, 2.24) is 29.6 Å². The van der Waals surface area contributed by atoms with Gasteiger partial charge in [-0.25, -0.2) is 21.6 Å². The zero-order chi connectivity index (χ0) is 64.8. The number of nitrogens with zero attached hydrogens (tertiary/aromatic N) is 5. The van der Waals surface area contributed by atoms with Crippen LogP contribution in [0.3, 0.4) is 0 Å². The number of likely N-dealkylation sites (tertiary alicyclic amines) is 1. The Bertz CT molecular complexity index is 3870. The number of nitrogens with one attached hydrogen (secondary N) is 3. The van der Waals surface area contributed by atoms with Gasteiger partial charge in [0.2, 0.25) is 11.8 Å². The zero-order valence-electron chi connectivity index (χ0n) is 51.3. The average molecular weight is 1340 g/mol. The molecule has 24 heteroatoms. The normalized spacial score (nSPS) is 21.3. The van der Waals surface area contributed by atoms with E-state index in [1.54, 1.807) is 23.1 Å². The zero-order valence-corrected chi connectivity index (χ0v) is 54.5. The number of carbonyl (C=O) groups is 4. The Morgan fingerprint density at radius 3 is 2.30 bits per heavy atom. The van der Waals surface area contributed by atoms with Gasteiger partial charge in [0.25, 0.3) is 31.7 Å². The summed E-state index contributed by atoms with van der Waals surface area (Å²) in [5.74, 6) is 5.49. The molecule has 4 amide bonds. The van der Waals surface area contributed by atoms with E-state index in [1.807, 2.05) is 59.3 Å². The summed E-state index contributed by atoms with van der Waals surface area (Å²) in [7, 11) is -11.0. The Morgan fingerprint density at radius 1 is 0.826 bits per heavy atom. The van der Waals surface area contributed by atoms with E-state index in [0.29, 0.717) is 81.2 Å². The van der Waals surface area contributed by atoms with Gasteiger partial charge in [0.1, 0.15) is 10.9 Å². The molecule has 5 heterocycles. The quantitative estimate of drug-likeness (QED) is 0.0401. The number of carbonyl (C=O) groups excluding carboxylic acids is 4. The fraction of sp³-hybridized carbons (Fsp3) is 0.441. The Hall–Kier alpha value is -6.75. The van der Waals surface area contributed by atoms with Gasteiger partial charge in [0.05, 0.1) is 17.2 Å². The molecule has 4 saturated heterocycles. The van der Waals surface area contributed by atoms with Crippen molar-refractivity contribution in [3.8, 4) is 11.8 Å². The van der Waals surface area contributed by atoms with E-state index < -0.39 is 64.7 Å². The van der Waals surface area contributed by atoms with Crippen LogP contribution >= 0.6 is 23.4 Å². The minimum Gasteiger partial charge on any atom is -0.380 e. The standard InChI is InChI=1S/C68H76ClF3N8O9S3/c1-67(46-78-30-25-47(26-31-78)8-9-48-10-20-59-51(40-48)44-80(66(59)84)61-22-23-63(81)74-65(61)83)28-24-58(49-11-15-53(69)16-12-49)52(42-67)43-77-33-35-79(36-34-77)55-17-13-50(14-18-55)64(82)75-92(87,88)57-19-21-60(62(41-57)91(85,86)68(70,71)72)73-54(45-90-56-6-3-2-4-7-56)27-32-76-29-5-38-89-39-37-76/h2-4,6-7,10-21,40-41,47,54,61,73H,5,22-39,42-46H2,1H3,(H,75,82)(H,74,81,83)/t54-,61?,67-/m1/s1. The predicted octanol–water partition coefficient (Wildman–Crippen LogP) is 9.73. The summed E-state index contributed by atoms with van der Waals surface area (Å²) in [5.41, 5.74) is 0.837. The molecule has 0 spiro atoms. The highest BCUT2D eigenvalue weighted by Crippen LogP contribution is 2.45. The first-order chi connectivity index (χ1) is 44.1. The number of fused-ring (bicyclic) bond motifs is 1. The second kappa shape index (κ2) is 28.9. The molecule has 0 radical (unpaired) electrons. The summed E-state index contributed by atoms with van der Waals surface area (Å²) < 4.78 is 105. The number of allylic oxidation sites excluding steroid dienone is 1. The third-order valence-corrected chi connectivity index (χ3v) is 22.7. The summed E-state index contributed by atoms with van der Waals surface area (Å²) >= 11 is 7.82. The number of alkyl halides is 3. The number of thioether (sulfide) groups is 1. The van der Waals surface area contributed by atoms with E-state index in [9.17, 15) is 49.2 Å². The minimum atomic E-state index is -6.10. The van der Waals surface area contributed by atoms with E-state index in [-0.39, 0.29) is 35.1 Å². The van der Waals surface area contributed by atoms with Crippen molar-refractivity contribution in [2.45, 2.75) is 104 Å². The number of anilines is 2. The molecule has 0 bridgehead atoms. The van der Waals surface area contributed by atoms with E-state index >= 15 is 0 Å². The summed E-state index contributed by atoms with van der Waals surface area (Å²) in [6.45, 7) is 12.4. The lowest BCUT2D eigenvalue weighted by molar-refractivity contribution is -0.136. The first-order valence-corrected chi connectivity index (χ1v) is 35.7. The Morgan fingerprint density at radius 2 is 1.58 bits per heavy atom. The Labute approximate surface area is 545 Å². The van der Waals surface area contributed by atoms with Gasteiger partial charge >= 0.3 is 5.51 Å². The van der Waals surface area contributed by atoms with E-state index in [4.69, 9.17) is 16.3 Å². The van der Waals surface area contributed by atoms with Gasteiger partial charge in [-0.1, -0.05) is 66.3 Å². The van der Waals surface area contributed by atoms with Crippen molar-refractivity contribution in [3.05, 3.63) is 154 Å². The summed E-state index contributed by atoms with van der Waals surface area (Å²) in [4.78, 5) is 60.9. The van der Waals surface area contributed by atoms with Gasteiger partial charge in [-0.15, -0.1) is 11.8 Å². The van der Waals surface area contributed by atoms with Crippen LogP contribution in [0.25, 0.3) is 5.57 Å². The molecule has 5 aromatic rings. The highest BCUT2D eigenvalue weighted by molar-refractivity contribution is 7.99. The maximum absolute atomic E-state index is 14.4. The topological polar surface area (TPSA) is 198 Å². The lowest BCUT2D eigenvalue weighted by atomic mass is 9.71. The number of hydrogen-bond donors (Lipinski definition) is 3. The molecule has 92 heavy (non-hydrogen) atoms. The van der Waals surface area contributed by atoms with Crippen LogP contribution in [0.5, 0.6) is 0 Å². The van der Waals surface area contributed by atoms with Gasteiger partial charge in [-0.3, -0.25) is 29.4 Å². The second-order valence-corrected chi connectivity index (χ2v) is 30.2. The molecule has 5 aromatic carbocycles. The number of hydrogen-bond acceptors (Lipinski definition) is 15. The highest BCUT2D eigenvalue weighted by atomic mass is 35.5. The lowest BCUT2D eigenvalue weighted by Gasteiger charge is -2.43. The van der Waals surface area contributed by atoms with Crippen molar-refractivity contribution in [2.75, 3.05) is 101 Å². The summed E-state index contributed by atoms with van der Waals surface area (Å²) in [6, 6.07) is 30.7. The van der Waals surface area contributed by atoms with Crippen molar-refractivity contribution < 1.29 is 53.9 Å². The third-order valence-electron chi connectivity index (χ3n) is 18.4. The Balaban J connectivity index is 0.693. The number of rotatable bonds is 19. The molecular weight excluding hydrogens is 1260 g/mol. The first-order valence-electron chi connectivity index (χ1n) is 31.4. The molecule has 0 saturated carbocycles. The molecule has 3 N–H and O–H groups in total. The number of imide groups is 1. The lowest BCUT2D eigenvalue weighted by Crippen LogP contribution is -2.52. The minimum absolute atomic E-state index is 0.0257. The number of amides is 4. The van der Waals surface area contributed by atoms with Crippen molar-refractivity contribution in [2.24, 2.45) is 11.3 Å². The maximum Gasteiger partial charge on any atom is 0.501 e. The van der Waals surface area contributed by atoms with Crippen LogP contribution in [-0.4, -0.2) is 169 Å². The molecule has 5 aliphatic heterocycles. The fourth-order valence-corrected chi connectivity index (χ4v) is 16.5. The van der Waals surface area contributed by atoms with Gasteiger partial charge in [0.15, 0.2) is 0 Å². The predicted molar refractivity (Wildman–Crippen MR) is 349 cm³/mol. The summed E-state index contributed by atoms with van der Waals surface area (Å²) in [5, 5.41) is 6.06. The van der Waals surface area contributed by atoms with Crippen LogP contribution in [-0.2, 0) is 40.7 Å². The largest absolute Gasteiger partial charge is 0.501 e. The number of ether oxygens (including phenoxy) is 1. The average Bonchev–Trinajstić information content (AvgIpc) is 1.04. The molecule has 1 unspecified atom stereocenters. The fourth-order valence-electron chi connectivity index (χ4n) is 13.3.